The molecular weight excluding hydrogens is 176 g/mol. The SMILES string of the molecule is CCS(=O)N1CCNC(=O)C1C. The van der Waals surface area contributed by atoms with Gasteiger partial charge in [-0.1, -0.05) is 6.92 Å². The van der Waals surface area contributed by atoms with Crippen molar-refractivity contribution in [3.05, 3.63) is 0 Å². The van der Waals surface area contributed by atoms with E-state index < -0.39 is 11.0 Å². The number of rotatable bonds is 2. The van der Waals surface area contributed by atoms with Crippen molar-refractivity contribution in [2.45, 2.75) is 19.9 Å². The minimum absolute atomic E-state index is 0.0250. The molecule has 1 fully saturated rings. The molecule has 0 aromatic heterocycles. The Hall–Kier alpha value is -0.420. The van der Waals surface area contributed by atoms with Gasteiger partial charge in [0.2, 0.25) is 5.91 Å². The van der Waals surface area contributed by atoms with Gasteiger partial charge in [0.25, 0.3) is 0 Å². The molecule has 1 rings (SSSR count). The van der Waals surface area contributed by atoms with E-state index in [0.29, 0.717) is 18.8 Å². The molecule has 1 aliphatic rings. The Morgan fingerprint density at radius 3 is 3.00 bits per heavy atom. The molecule has 0 radical (unpaired) electrons. The van der Waals surface area contributed by atoms with Gasteiger partial charge < -0.3 is 5.32 Å². The summed E-state index contributed by atoms with van der Waals surface area (Å²) < 4.78 is 13.1. The van der Waals surface area contributed by atoms with Gasteiger partial charge in [0, 0.05) is 18.8 Å². The number of piperazine rings is 1. The predicted octanol–water partition coefficient (Wildman–Crippen LogP) is -0.510. The van der Waals surface area contributed by atoms with Crippen LogP contribution in [0.15, 0.2) is 0 Å². The molecule has 2 atom stereocenters. The van der Waals surface area contributed by atoms with E-state index in [1.165, 1.54) is 0 Å². The number of hydrogen-bond acceptors (Lipinski definition) is 2. The molecule has 0 bridgehead atoms. The van der Waals surface area contributed by atoms with E-state index in [9.17, 15) is 9.00 Å². The first-order valence-electron chi connectivity index (χ1n) is 4.09. The maximum Gasteiger partial charge on any atom is 0.238 e. The van der Waals surface area contributed by atoms with Crippen LogP contribution in [-0.2, 0) is 15.8 Å². The molecular formula is C7H14N2O2S. The number of carbonyl (C=O) groups excluding carboxylic acids is 1. The lowest BCUT2D eigenvalue weighted by Crippen LogP contribution is -2.54. The summed E-state index contributed by atoms with van der Waals surface area (Å²) in [5, 5.41) is 2.73. The van der Waals surface area contributed by atoms with Gasteiger partial charge in [-0.25, -0.2) is 8.51 Å². The summed E-state index contributed by atoms with van der Waals surface area (Å²) in [5.74, 6) is 0.556. The van der Waals surface area contributed by atoms with E-state index in [4.69, 9.17) is 0 Å². The minimum Gasteiger partial charge on any atom is -0.353 e. The molecule has 12 heavy (non-hydrogen) atoms. The first kappa shape index (κ1) is 9.67. The molecule has 1 heterocycles. The minimum atomic E-state index is -0.992. The number of amides is 1. The second-order valence-corrected chi connectivity index (χ2v) is 4.41. The topological polar surface area (TPSA) is 49.4 Å². The van der Waals surface area contributed by atoms with Gasteiger partial charge in [-0.2, -0.15) is 0 Å². The summed E-state index contributed by atoms with van der Waals surface area (Å²) in [6.45, 7) is 4.93. The van der Waals surface area contributed by atoms with Crippen molar-refractivity contribution < 1.29 is 9.00 Å². The van der Waals surface area contributed by atoms with Gasteiger partial charge in [0.1, 0.15) is 0 Å². The highest BCUT2D eigenvalue weighted by Crippen LogP contribution is 2.06. The van der Waals surface area contributed by atoms with Crippen LogP contribution < -0.4 is 5.32 Å². The maximum atomic E-state index is 11.4. The number of nitrogens with one attached hydrogen (secondary N) is 1. The Labute approximate surface area is 74.9 Å². The molecule has 1 N–H and O–H groups in total. The van der Waals surface area contributed by atoms with Crippen LogP contribution in [0.3, 0.4) is 0 Å². The summed E-state index contributed by atoms with van der Waals surface area (Å²) in [4.78, 5) is 11.1. The zero-order valence-electron chi connectivity index (χ0n) is 7.37. The standard InChI is InChI=1S/C7H14N2O2S/c1-3-12(11)9-5-4-8-7(10)6(9)2/h6H,3-5H2,1-2H3,(H,8,10). The van der Waals surface area contributed by atoms with Gasteiger partial charge >= 0.3 is 0 Å². The van der Waals surface area contributed by atoms with Crippen molar-refractivity contribution in [2.75, 3.05) is 18.8 Å². The summed E-state index contributed by atoms with van der Waals surface area (Å²) in [6, 6.07) is -0.250. The van der Waals surface area contributed by atoms with Crippen molar-refractivity contribution in [1.82, 2.24) is 9.62 Å². The van der Waals surface area contributed by atoms with E-state index in [0.717, 1.165) is 0 Å². The second-order valence-electron chi connectivity index (χ2n) is 2.72. The maximum absolute atomic E-state index is 11.4. The van der Waals surface area contributed by atoms with Gasteiger partial charge in [0.05, 0.1) is 17.0 Å². The zero-order valence-corrected chi connectivity index (χ0v) is 8.19. The summed E-state index contributed by atoms with van der Waals surface area (Å²) in [6.07, 6.45) is 0. The predicted molar refractivity (Wildman–Crippen MR) is 47.9 cm³/mol. The Morgan fingerprint density at radius 1 is 1.75 bits per heavy atom. The van der Waals surface area contributed by atoms with Crippen LogP contribution in [0.25, 0.3) is 0 Å². The Kier molecular flexibility index (Phi) is 3.22. The van der Waals surface area contributed by atoms with Crippen molar-refractivity contribution in [1.29, 1.82) is 0 Å². The molecule has 0 spiro atoms. The van der Waals surface area contributed by atoms with Crippen LogP contribution in [0.4, 0.5) is 0 Å². The lowest BCUT2D eigenvalue weighted by molar-refractivity contribution is -0.125. The lowest BCUT2D eigenvalue weighted by atomic mass is 10.2. The highest BCUT2D eigenvalue weighted by molar-refractivity contribution is 7.82. The summed E-state index contributed by atoms with van der Waals surface area (Å²) in [5.41, 5.74) is 0. The van der Waals surface area contributed by atoms with E-state index in [1.807, 2.05) is 6.92 Å². The van der Waals surface area contributed by atoms with E-state index in [1.54, 1.807) is 11.2 Å². The molecule has 4 nitrogen and oxygen atoms in total. The highest BCUT2D eigenvalue weighted by atomic mass is 32.2. The van der Waals surface area contributed by atoms with Gasteiger partial charge in [0.15, 0.2) is 0 Å². The third kappa shape index (κ3) is 1.84. The van der Waals surface area contributed by atoms with Crippen molar-refractivity contribution in [2.24, 2.45) is 0 Å². The van der Waals surface area contributed by atoms with Crippen LogP contribution >= 0.6 is 0 Å². The normalized spacial score (nSPS) is 28.2. The second kappa shape index (κ2) is 4.00. The first-order valence-corrected chi connectivity index (χ1v) is 5.37. The largest absolute Gasteiger partial charge is 0.353 e. The fraction of sp³-hybridized carbons (Fsp3) is 0.857. The van der Waals surface area contributed by atoms with Crippen LogP contribution in [0.2, 0.25) is 0 Å². The Balaban J connectivity index is 2.63. The zero-order chi connectivity index (χ0) is 9.14. The van der Waals surface area contributed by atoms with E-state index in [2.05, 4.69) is 5.32 Å². The van der Waals surface area contributed by atoms with Crippen LogP contribution in [0.5, 0.6) is 0 Å². The van der Waals surface area contributed by atoms with Gasteiger partial charge in [-0.05, 0) is 6.92 Å². The van der Waals surface area contributed by atoms with Gasteiger partial charge in [-0.15, -0.1) is 0 Å². The van der Waals surface area contributed by atoms with Gasteiger partial charge in [-0.3, -0.25) is 4.79 Å². The summed E-state index contributed by atoms with van der Waals surface area (Å²) in [7, 11) is -0.992. The lowest BCUT2D eigenvalue weighted by Gasteiger charge is -2.30. The molecule has 70 valence electrons. The van der Waals surface area contributed by atoms with Crippen LogP contribution in [0.1, 0.15) is 13.8 Å². The molecule has 1 saturated heterocycles. The molecule has 0 aromatic rings. The van der Waals surface area contributed by atoms with E-state index in [-0.39, 0.29) is 11.9 Å². The molecule has 0 aromatic carbocycles. The fourth-order valence-electron chi connectivity index (χ4n) is 1.21. The van der Waals surface area contributed by atoms with E-state index >= 15 is 0 Å². The molecule has 2 unspecified atom stereocenters. The molecule has 5 heteroatoms. The molecule has 0 saturated carbocycles. The fourth-order valence-corrected chi connectivity index (χ4v) is 2.28. The third-order valence-corrected chi connectivity index (χ3v) is 3.47. The molecule has 1 aliphatic heterocycles. The average molecular weight is 190 g/mol. The third-order valence-electron chi connectivity index (χ3n) is 1.95. The van der Waals surface area contributed by atoms with Crippen molar-refractivity contribution in [3.8, 4) is 0 Å². The number of carbonyl (C=O) groups is 1. The average Bonchev–Trinajstić information content (AvgIpc) is 2.08. The Morgan fingerprint density at radius 2 is 2.42 bits per heavy atom. The van der Waals surface area contributed by atoms with Crippen LogP contribution in [-0.4, -0.2) is 39.3 Å². The Bertz CT molecular complexity index is 208. The smallest absolute Gasteiger partial charge is 0.238 e. The molecule has 1 amide bonds. The highest BCUT2D eigenvalue weighted by Gasteiger charge is 2.28. The van der Waals surface area contributed by atoms with Crippen molar-refractivity contribution in [3.63, 3.8) is 0 Å². The monoisotopic (exact) mass is 190 g/mol. The quantitative estimate of drug-likeness (QED) is 0.637. The number of hydrogen-bond donors (Lipinski definition) is 1. The van der Waals surface area contributed by atoms with Crippen LogP contribution in [0, 0.1) is 0 Å². The van der Waals surface area contributed by atoms with Crippen molar-refractivity contribution >= 4 is 16.9 Å². The first-order chi connectivity index (χ1) is 5.66. The number of nitrogens with zero attached hydrogens (tertiary/aromatic N) is 1. The summed E-state index contributed by atoms with van der Waals surface area (Å²) >= 11 is 0. The molecule has 0 aliphatic carbocycles.